The van der Waals surface area contributed by atoms with Crippen LogP contribution < -0.4 is 10.6 Å². The molecular formula is C38H59N3O13. The summed E-state index contributed by atoms with van der Waals surface area (Å²) >= 11 is 0. The van der Waals surface area contributed by atoms with E-state index in [1.165, 1.54) is 6.07 Å². The molecule has 2 heterocycles. The maximum Gasteiger partial charge on any atom is 0.264 e. The lowest BCUT2D eigenvalue weighted by Crippen LogP contribution is -2.54. The highest BCUT2D eigenvalue weighted by Gasteiger charge is 2.45. The first-order chi connectivity index (χ1) is 26.3. The van der Waals surface area contributed by atoms with E-state index in [1.807, 2.05) is 0 Å². The van der Waals surface area contributed by atoms with Crippen LogP contribution in [0, 0.1) is 5.92 Å². The second-order valence-corrected chi connectivity index (χ2v) is 12.9. The molecule has 1 fully saturated rings. The average molecular weight is 766 g/mol. The Hall–Kier alpha value is -3.35. The van der Waals surface area contributed by atoms with Crippen molar-refractivity contribution in [3.63, 3.8) is 0 Å². The number of hydrogen-bond acceptors (Lipinski definition) is 13. The molecule has 1 aromatic carbocycles. The first-order valence-electron chi connectivity index (χ1n) is 19.1. The Kier molecular flexibility index (Phi) is 22.7. The largest absolute Gasteiger partial charge is 0.379 e. The molecule has 3 rings (SSSR count). The van der Waals surface area contributed by atoms with Crippen LogP contribution in [0.25, 0.3) is 0 Å². The van der Waals surface area contributed by atoms with Crippen molar-refractivity contribution in [2.45, 2.75) is 64.8 Å². The maximum absolute atomic E-state index is 13.2. The highest BCUT2D eigenvalue weighted by atomic mass is 16.6. The number of piperidine rings is 1. The Morgan fingerprint density at radius 2 is 1.24 bits per heavy atom. The summed E-state index contributed by atoms with van der Waals surface area (Å²) in [5, 5.41) is 4.91. The zero-order chi connectivity index (χ0) is 38.8. The zero-order valence-corrected chi connectivity index (χ0v) is 31.9. The summed E-state index contributed by atoms with van der Waals surface area (Å²) in [6.07, 6.45) is 3.59. The first kappa shape index (κ1) is 45.0. The predicted octanol–water partition coefficient (Wildman–Crippen LogP) is 2.77. The van der Waals surface area contributed by atoms with Crippen LogP contribution in [0.15, 0.2) is 18.2 Å². The fourth-order valence-corrected chi connectivity index (χ4v) is 5.44. The van der Waals surface area contributed by atoms with Crippen molar-refractivity contribution < 1.29 is 61.9 Å². The second-order valence-electron chi connectivity index (χ2n) is 12.9. The van der Waals surface area contributed by atoms with Gasteiger partial charge in [-0.25, -0.2) is 0 Å². The fourth-order valence-electron chi connectivity index (χ4n) is 5.44. The van der Waals surface area contributed by atoms with Gasteiger partial charge in [-0.15, -0.1) is 0 Å². The lowest BCUT2D eigenvalue weighted by atomic mass is 10.0. The van der Waals surface area contributed by atoms with E-state index in [9.17, 15) is 24.0 Å². The van der Waals surface area contributed by atoms with Crippen LogP contribution in [-0.4, -0.2) is 146 Å². The highest BCUT2D eigenvalue weighted by molar-refractivity contribution is 6.26. The van der Waals surface area contributed by atoms with Crippen molar-refractivity contribution in [1.29, 1.82) is 0 Å². The van der Waals surface area contributed by atoms with E-state index in [1.54, 1.807) is 12.1 Å². The van der Waals surface area contributed by atoms with Crippen LogP contribution in [0.4, 0.5) is 5.69 Å². The molecule has 0 aromatic heterocycles. The maximum atomic E-state index is 13.2. The van der Waals surface area contributed by atoms with Crippen LogP contribution in [0.1, 0.15) is 79.5 Å². The number of ether oxygens (including phenoxy) is 8. The monoisotopic (exact) mass is 765 g/mol. The molecule has 0 spiro atoms. The van der Waals surface area contributed by atoms with Gasteiger partial charge in [0.25, 0.3) is 11.8 Å². The number of benzene rings is 1. The van der Waals surface area contributed by atoms with Crippen molar-refractivity contribution in [3.05, 3.63) is 29.3 Å². The molecule has 0 radical (unpaired) electrons. The number of hydrogen-bond donors (Lipinski definition) is 2. The average Bonchev–Trinajstić information content (AvgIpc) is 3.41. The summed E-state index contributed by atoms with van der Waals surface area (Å²) in [5.74, 6) is -2.12. The van der Waals surface area contributed by atoms with E-state index in [0.717, 1.165) is 30.8 Å². The van der Waals surface area contributed by atoms with E-state index >= 15 is 0 Å². The van der Waals surface area contributed by atoms with Gasteiger partial charge in [-0.05, 0) is 37.3 Å². The summed E-state index contributed by atoms with van der Waals surface area (Å²) in [4.78, 5) is 63.5. The number of amides is 5. The minimum absolute atomic E-state index is 0.0310. The smallest absolute Gasteiger partial charge is 0.264 e. The van der Waals surface area contributed by atoms with Gasteiger partial charge in [-0.3, -0.25) is 34.2 Å². The van der Waals surface area contributed by atoms with Crippen LogP contribution in [-0.2, 0) is 52.3 Å². The Morgan fingerprint density at radius 1 is 0.722 bits per heavy atom. The van der Waals surface area contributed by atoms with E-state index in [4.69, 9.17) is 37.9 Å². The molecule has 1 aromatic rings. The van der Waals surface area contributed by atoms with Crippen LogP contribution in [0.3, 0.4) is 0 Å². The Balaban J connectivity index is 1.06. The molecule has 0 saturated carbocycles. The SMILES string of the molecule is CCC(C)COCCOCCOCCOCCOCCOCCOCCOCCCCCC(=O)Nc1cccc2c1C(=O)N(C1CCC(=O)NC1=O)C2=O. The molecule has 2 aliphatic rings. The van der Waals surface area contributed by atoms with Crippen molar-refractivity contribution >= 4 is 35.2 Å². The van der Waals surface area contributed by atoms with Crippen molar-refractivity contribution in [2.24, 2.45) is 5.92 Å². The van der Waals surface area contributed by atoms with Gasteiger partial charge in [0.05, 0.1) is 109 Å². The standard InChI is InChI=1S/C38H59N3O13/c1-3-29(2)28-54-27-26-53-25-24-52-23-22-51-21-20-50-19-18-49-17-16-48-15-14-47-13-6-4-5-10-33(42)39-31-9-7-8-30-35(31)38(46)41(37(30)45)32-11-12-34(43)40-36(32)44/h7-9,29,32H,3-6,10-28H2,1-2H3,(H,39,42)(H,40,43,44). The quantitative estimate of drug-likeness (QED) is 0.0807. The molecule has 2 N–H and O–H groups in total. The van der Waals surface area contributed by atoms with E-state index in [0.29, 0.717) is 111 Å². The normalized spacial score (nSPS) is 16.2. The van der Waals surface area contributed by atoms with Gasteiger partial charge in [0, 0.05) is 26.1 Å². The van der Waals surface area contributed by atoms with Gasteiger partial charge in [-0.1, -0.05) is 32.8 Å². The van der Waals surface area contributed by atoms with E-state index in [2.05, 4.69) is 24.5 Å². The van der Waals surface area contributed by atoms with Crippen molar-refractivity contribution in [2.75, 3.05) is 111 Å². The van der Waals surface area contributed by atoms with Gasteiger partial charge in [-0.2, -0.15) is 0 Å². The minimum Gasteiger partial charge on any atom is -0.379 e. The van der Waals surface area contributed by atoms with Crippen LogP contribution in [0.5, 0.6) is 0 Å². The highest BCUT2D eigenvalue weighted by Crippen LogP contribution is 2.32. The molecule has 2 unspecified atom stereocenters. The Labute approximate surface area is 318 Å². The van der Waals surface area contributed by atoms with Gasteiger partial charge in [0.15, 0.2) is 0 Å². The number of fused-ring (bicyclic) bond motifs is 1. The number of imide groups is 2. The third-order valence-corrected chi connectivity index (χ3v) is 8.64. The van der Waals surface area contributed by atoms with E-state index in [-0.39, 0.29) is 42.0 Å². The third-order valence-electron chi connectivity index (χ3n) is 8.64. The first-order valence-corrected chi connectivity index (χ1v) is 19.1. The van der Waals surface area contributed by atoms with Crippen molar-refractivity contribution in [3.8, 4) is 0 Å². The number of carbonyl (C=O) groups excluding carboxylic acids is 5. The summed E-state index contributed by atoms with van der Waals surface area (Å²) < 4.78 is 44.1. The van der Waals surface area contributed by atoms with Gasteiger partial charge in [0.2, 0.25) is 17.7 Å². The fraction of sp³-hybridized carbons (Fsp3) is 0.711. The lowest BCUT2D eigenvalue weighted by molar-refractivity contribution is -0.136. The molecule has 2 atom stereocenters. The number of rotatable bonds is 32. The summed E-state index contributed by atoms with van der Waals surface area (Å²) in [5.41, 5.74) is 0.391. The Morgan fingerprint density at radius 3 is 1.76 bits per heavy atom. The number of carbonyl (C=O) groups is 5. The van der Waals surface area contributed by atoms with Crippen LogP contribution in [0.2, 0.25) is 0 Å². The van der Waals surface area contributed by atoms with Crippen molar-refractivity contribution in [1.82, 2.24) is 10.2 Å². The van der Waals surface area contributed by atoms with Gasteiger partial charge >= 0.3 is 0 Å². The summed E-state index contributed by atoms with van der Waals surface area (Å²) in [6, 6.07) is 3.54. The number of unbranched alkanes of at least 4 members (excludes halogenated alkanes) is 2. The molecule has 54 heavy (non-hydrogen) atoms. The summed E-state index contributed by atoms with van der Waals surface area (Å²) in [7, 11) is 0. The summed E-state index contributed by atoms with van der Waals surface area (Å²) in [6.45, 7) is 12.6. The molecule has 0 bridgehead atoms. The molecule has 16 nitrogen and oxygen atoms in total. The molecule has 5 amide bonds. The topological polar surface area (TPSA) is 186 Å². The predicted molar refractivity (Wildman–Crippen MR) is 196 cm³/mol. The molecule has 1 saturated heterocycles. The molecule has 0 aliphatic carbocycles. The number of anilines is 1. The van der Waals surface area contributed by atoms with Gasteiger partial charge in [0.1, 0.15) is 6.04 Å². The van der Waals surface area contributed by atoms with Crippen LogP contribution >= 0.6 is 0 Å². The Bertz CT molecular complexity index is 1300. The third kappa shape index (κ3) is 17.0. The second kappa shape index (κ2) is 27.3. The lowest BCUT2D eigenvalue weighted by Gasteiger charge is -2.27. The molecular weight excluding hydrogens is 706 g/mol. The number of nitrogens with zero attached hydrogens (tertiary/aromatic N) is 1. The molecule has 2 aliphatic heterocycles. The molecule has 16 heteroatoms. The van der Waals surface area contributed by atoms with Gasteiger partial charge < -0.3 is 43.2 Å². The van der Waals surface area contributed by atoms with E-state index < -0.39 is 29.7 Å². The zero-order valence-electron chi connectivity index (χ0n) is 31.9. The number of nitrogens with one attached hydrogen (secondary N) is 2. The molecule has 304 valence electrons. The minimum atomic E-state index is -1.07.